The first-order valence-corrected chi connectivity index (χ1v) is 11.0. The Hall–Kier alpha value is -2.46. The number of hydrogen-bond acceptors (Lipinski definition) is 5. The Morgan fingerprint density at radius 1 is 1.20 bits per heavy atom. The fraction of sp³-hybridized carbons (Fsp3) is 0.136. The molecule has 4 rings (SSSR count). The molecule has 0 unspecified atom stereocenters. The summed E-state index contributed by atoms with van der Waals surface area (Å²) < 4.78 is 14.4. The highest BCUT2D eigenvalue weighted by Gasteiger charge is 2.18. The van der Waals surface area contributed by atoms with E-state index in [1.54, 1.807) is 30.5 Å². The predicted molar refractivity (Wildman–Crippen MR) is 126 cm³/mol. The monoisotopic (exact) mass is 578 g/mol. The van der Waals surface area contributed by atoms with Crippen molar-refractivity contribution in [3.05, 3.63) is 84.3 Å². The molecule has 0 aliphatic carbocycles. The second-order valence-corrected chi connectivity index (χ2v) is 8.60. The maximum absolute atomic E-state index is 12.9. The van der Waals surface area contributed by atoms with E-state index in [0.717, 1.165) is 19.2 Å². The molecule has 0 atom stereocenters. The molecule has 2 aromatic carbocycles. The van der Waals surface area contributed by atoms with Crippen molar-refractivity contribution in [2.45, 2.75) is 13.5 Å². The third-order valence-electron chi connectivity index (χ3n) is 4.65. The van der Waals surface area contributed by atoms with Crippen LogP contribution < -0.4 is 5.56 Å². The molecule has 2 heterocycles. The summed E-state index contributed by atoms with van der Waals surface area (Å²) in [6.07, 6.45) is 1.68. The fourth-order valence-electron chi connectivity index (χ4n) is 3.03. The molecule has 8 heteroatoms. The van der Waals surface area contributed by atoms with Crippen molar-refractivity contribution in [2.24, 2.45) is 0 Å². The van der Waals surface area contributed by atoms with Gasteiger partial charge in [-0.25, -0.2) is 9.78 Å². The lowest BCUT2D eigenvalue weighted by Crippen LogP contribution is -2.23. The lowest BCUT2D eigenvalue weighted by molar-refractivity contribution is 0.0490. The summed E-state index contributed by atoms with van der Waals surface area (Å²) in [5.41, 5.74) is 2.69. The number of nitrogens with zero attached hydrogens (tertiary/aromatic N) is 2. The minimum atomic E-state index is -0.423. The smallest absolute Gasteiger partial charge is 0.338 e. The molecule has 0 saturated carbocycles. The third kappa shape index (κ3) is 4.06. The van der Waals surface area contributed by atoms with Gasteiger partial charge in [0.25, 0.3) is 5.56 Å². The van der Waals surface area contributed by atoms with Gasteiger partial charge in [-0.15, -0.1) is 0 Å². The number of fused-ring (bicyclic) bond motifs is 1. The Morgan fingerprint density at radius 2 is 1.97 bits per heavy atom. The molecule has 2 aromatic heterocycles. The van der Waals surface area contributed by atoms with Crippen molar-refractivity contribution < 1.29 is 13.9 Å². The number of carbonyl (C=O) groups excluding carboxylic acids is 1. The average Bonchev–Trinajstić information content (AvgIpc) is 3.20. The molecule has 152 valence electrons. The van der Waals surface area contributed by atoms with Gasteiger partial charge in [0, 0.05) is 16.2 Å². The van der Waals surface area contributed by atoms with E-state index in [0.29, 0.717) is 17.0 Å². The van der Waals surface area contributed by atoms with E-state index in [1.165, 1.54) is 4.57 Å². The predicted octanol–water partition coefficient (Wildman–Crippen LogP) is 5.19. The van der Waals surface area contributed by atoms with Gasteiger partial charge in [-0.2, -0.15) is 0 Å². The number of halogens is 2. The first-order chi connectivity index (χ1) is 14.5. The number of pyridine rings is 1. The van der Waals surface area contributed by atoms with Crippen LogP contribution >= 0.6 is 38.5 Å². The van der Waals surface area contributed by atoms with Gasteiger partial charge >= 0.3 is 5.97 Å². The quantitative estimate of drug-likeness (QED) is 0.241. The van der Waals surface area contributed by atoms with Gasteiger partial charge in [0.2, 0.25) is 5.89 Å². The summed E-state index contributed by atoms with van der Waals surface area (Å²) in [5, 5.41) is 0. The van der Waals surface area contributed by atoms with Gasteiger partial charge in [-0.05, 0) is 59.3 Å². The summed E-state index contributed by atoms with van der Waals surface area (Å²) >= 11 is 5.62. The Morgan fingerprint density at radius 3 is 2.73 bits per heavy atom. The van der Waals surface area contributed by atoms with E-state index in [-0.39, 0.29) is 24.2 Å². The first kappa shape index (κ1) is 20.8. The lowest BCUT2D eigenvalue weighted by Gasteiger charge is -2.07. The molecular formula is C22H16BrIN2O4. The second-order valence-electron chi connectivity index (χ2n) is 6.59. The highest BCUT2D eigenvalue weighted by Crippen LogP contribution is 2.31. The Balaban J connectivity index is 1.60. The van der Waals surface area contributed by atoms with Crippen molar-refractivity contribution in [2.75, 3.05) is 6.61 Å². The molecule has 30 heavy (non-hydrogen) atoms. The van der Waals surface area contributed by atoms with Crippen LogP contribution in [0.25, 0.3) is 22.6 Å². The molecule has 0 aliphatic rings. The third-order valence-corrected chi connectivity index (χ3v) is 6.28. The largest absolute Gasteiger partial charge is 0.460 e. The number of rotatable bonds is 5. The molecule has 6 nitrogen and oxygen atoms in total. The number of benzene rings is 2. The summed E-state index contributed by atoms with van der Waals surface area (Å²) in [4.78, 5) is 29.5. The lowest BCUT2D eigenvalue weighted by atomic mass is 10.1. The zero-order valence-corrected chi connectivity index (χ0v) is 19.6. The van der Waals surface area contributed by atoms with Gasteiger partial charge in [0.1, 0.15) is 6.61 Å². The van der Waals surface area contributed by atoms with Crippen molar-refractivity contribution in [1.29, 1.82) is 0 Å². The van der Waals surface area contributed by atoms with Crippen molar-refractivity contribution in [1.82, 2.24) is 9.55 Å². The van der Waals surface area contributed by atoms with Crippen LogP contribution in [0.3, 0.4) is 0 Å². The van der Waals surface area contributed by atoms with E-state index >= 15 is 0 Å². The summed E-state index contributed by atoms with van der Waals surface area (Å²) in [6.45, 7) is 2.25. The maximum Gasteiger partial charge on any atom is 0.338 e. The van der Waals surface area contributed by atoms with Gasteiger partial charge in [0.05, 0.1) is 15.7 Å². The van der Waals surface area contributed by atoms with E-state index in [4.69, 9.17) is 9.15 Å². The van der Waals surface area contributed by atoms with E-state index in [9.17, 15) is 9.59 Å². The molecule has 0 amide bonds. The highest BCUT2D eigenvalue weighted by atomic mass is 127. The van der Waals surface area contributed by atoms with Gasteiger partial charge < -0.3 is 13.7 Å². The number of hydrogen-bond donors (Lipinski definition) is 0. The molecule has 0 saturated heterocycles. The van der Waals surface area contributed by atoms with Crippen molar-refractivity contribution in [3.8, 4) is 11.5 Å². The van der Waals surface area contributed by atoms with Crippen molar-refractivity contribution >= 4 is 55.6 Å². The van der Waals surface area contributed by atoms with Crippen LogP contribution in [0.1, 0.15) is 15.9 Å². The van der Waals surface area contributed by atoms with E-state index in [1.807, 2.05) is 31.2 Å². The van der Waals surface area contributed by atoms with Crippen LogP contribution in [0.15, 0.2) is 68.4 Å². The Bertz CT molecular complexity index is 1300. The fourth-order valence-corrected chi connectivity index (χ4v) is 4.10. The first-order valence-electron chi connectivity index (χ1n) is 9.13. The molecule has 0 radical (unpaired) electrons. The van der Waals surface area contributed by atoms with Crippen LogP contribution in [0.5, 0.6) is 0 Å². The molecule has 0 fully saturated rings. The van der Waals surface area contributed by atoms with Gasteiger partial charge in [0.15, 0.2) is 11.1 Å². The van der Waals surface area contributed by atoms with Gasteiger partial charge in [-0.1, -0.05) is 40.2 Å². The molecule has 0 spiro atoms. The van der Waals surface area contributed by atoms with E-state index in [2.05, 4.69) is 43.5 Å². The number of oxazole rings is 1. The second kappa shape index (κ2) is 8.73. The normalized spacial score (nSPS) is 11.0. The highest BCUT2D eigenvalue weighted by molar-refractivity contribution is 14.1. The maximum atomic E-state index is 12.9. The average molecular weight is 579 g/mol. The van der Waals surface area contributed by atoms with E-state index < -0.39 is 5.97 Å². The van der Waals surface area contributed by atoms with Crippen molar-refractivity contribution in [3.63, 3.8) is 0 Å². The summed E-state index contributed by atoms with van der Waals surface area (Å²) in [5.74, 6) is -0.0275. The number of carbonyl (C=O) groups is 1. The van der Waals surface area contributed by atoms with Crippen LogP contribution in [0.2, 0.25) is 0 Å². The molecular weight excluding hydrogens is 563 g/mol. The zero-order chi connectivity index (χ0) is 21.3. The zero-order valence-electron chi connectivity index (χ0n) is 15.9. The van der Waals surface area contributed by atoms with Gasteiger partial charge in [-0.3, -0.25) is 4.79 Å². The number of esters is 1. The van der Waals surface area contributed by atoms with Crippen LogP contribution in [0, 0.1) is 10.5 Å². The SMILES string of the molecule is Cc1c(Br)cccc1-c1nc2c(=O)n(CCOC(=O)c3ccccc3)cc(I)c2o1. The topological polar surface area (TPSA) is 74.3 Å². The summed E-state index contributed by atoms with van der Waals surface area (Å²) in [6, 6.07) is 14.5. The molecule has 0 N–H and O–H groups in total. The van der Waals surface area contributed by atoms with Crippen LogP contribution in [-0.2, 0) is 11.3 Å². The molecule has 0 bridgehead atoms. The minimum absolute atomic E-state index is 0.0741. The minimum Gasteiger partial charge on any atom is -0.460 e. The van der Waals surface area contributed by atoms with Crippen LogP contribution in [-0.4, -0.2) is 22.1 Å². The standard InChI is InChI=1S/C22H16BrIN2O4/c1-13-15(8-5-9-16(13)23)20-25-18-19(30-20)17(24)12-26(21(18)27)10-11-29-22(28)14-6-3-2-4-7-14/h2-9,12H,10-11H2,1H3. The Labute approximate surface area is 194 Å². The number of aromatic nitrogens is 2. The van der Waals surface area contributed by atoms with Crippen LogP contribution in [0.4, 0.5) is 0 Å². The Kier molecular flexibility index (Phi) is 6.05. The number of ether oxygens (including phenoxy) is 1. The molecule has 0 aliphatic heterocycles. The summed E-state index contributed by atoms with van der Waals surface area (Å²) in [7, 11) is 0. The molecule has 4 aromatic rings.